The average Bonchev–Trinajstić information content (AvgIpc) is 3.07. The van der Waals surface area contributed by atoms with Gasteiger partial charge < -0.3 is 14.9 Å². The number of carbonyl (C=O) groups is 1. The summed E-state index contributed by atoms with van der Waals surface area (Å²) in [6, 6.07) is 7.17. The van der Waals surface area contributed by atoms with Gasteiger partial charge in [-0.25, -0.2) is 0 Å². The normalized spacial score (nSPS) is 11.9. The standard InChI is InChI=1S/C17H16N4O3/c1-11(22)16-14(15(21-24-16)13-5-3-7-19-10-13)17(23)20-9-12-4-2-6-18-8-12/h2-8,10-11,22H,9H2,1H3,(H,20,23)/t11-/m0/s1. The zero-order valence-corrected chi connectivity index (χ0v) is 13.0. The summed E-state index contributed by atoms with van der Waals surface area (Å²) in [5.41, 5.74) is 2.06. The number of aliphatic hydroxyl groups excluding tert-OH is 1. The lowest BCUT2D eigenvalue weighted by molar-refractivity contribution is 0.0938. The third-order valence-corrected chi connectivity index (χ3v) is 3.44. The third-order valence-electron chi connectivity index (χ3n) is 3.44. The van der Waals surface area contributed by atoms with E-state index in [1.807, 2.05) is 6.07 Å². The monoisotopic (exact) mass is 324 g/mol. The minimum atomic E-state index is -0.956. The number of pyridine rings is 2. The summed E-state index contributed by atoms with van der Waals surface area (Å²) in [6.45, 7) is 1.83. The van der Waals surface area contributed by atoms with E-state index in [4.69, 9.17) is 4.52 Å². The zero-order chi connectivity index (χ0) is 16.9. The van der Waals surface area contributed by atoms with Crippen LogP contribution in [0.15, 0.2) is 53.6 Å². The Bertz CT molecular complexity index is 816. The fourth-order valence-electron chi connectivity index (χ4n) is 2.28. The van der Waals surface area contributed by atoms with Crippen LogP contribution in [0.3, 0.4) is 0 Å². The number of nitrogens with zero attached hydrogens (tertiary/aromatic N) is 3. The number of hydrogen-bond acceptors (Lipinski definition) is 6. The van der Waals surface area contributed by atoms with Crippen LogP contribution in [-0.2, 0) is 6.54 Å². The SMILES string of the molecule is C[C@H](O)c1onc(-c2cccnc2)c1C(=O)NCc1cccnc1. The predicted octanol–water partition coefficient (Wildman–Crippen LogP) is 2.11. The van der Waals surface area contributed by atoms with E-state index in [0.29, 0.717) is 17.8 Å². The molecule has 3 rings (SSSR count). The molecule has 0 saturated heterocycles. The Hall–Kier alpha value is -3.06. The quantitative estimate of drug-likeness (QED) is 0.745. The molecule has 0 bridgehead atoms. The van der Waals surface area contributed by atoms with Gasteiger partial charge in [0.25, 0.3) is 5.91 Å². The van der Waals surface area contributed by atoms with Crippen LogP contribution < -0.4 is 5.32 Å². The van der Waals surface area contributed by atoms with Crippen molar-refractivity contribution in [2.45, 2.75) is 19.6 Å². The maximum absolute atomic E-state index is 12.6. The van der Waals surface area contributed by atoms with Crippen molar-refractivity contribution in [3.63, 3.8) is 0 Å². The van der Waals surface area contributed by atoms with Crippen molar-refractivity contribution in [3.8, 4) is 11.3 Å². The molecule has 1 atom stereocenters. The van der Waals surface area contributed by atoms with E-state index < -0.39 is 6.10 Å². The Labute approximate surface area is 138 Å². The van der Waals surface area contributed by atoms with Gasteiger partial charge in [-0.1, -0.05) is 11.2 Å². The van der Waals surface area contributed by atoms with Gasteiger partial charge in [0, 0.05) is 36.9 Å². The van der Waals surface area contributed by atoms with Gasteiger partial charge in [-0.15, -0.1) is 0 Å². The van der Waals surface area contributed by atoms with Crippen LogP contribution in [0.1, 0.15) is 34.7 Å². The van der Waals surface area contributed by atoms with Crippen LogP contribution in [0, 0.1) is 0 Å². The fourth-order valence-corrected chi connectivity index (χ4v) is 2.28. The van der Waals surface area contributed by atoms with E-state index in [1.54, 1.807) is 43.0 Å². The second-order valence-electron chi connectivity index (χ2n) is 5.23. The van der Waals surface area contributed by atoms with Crippen molar-refractivity contribution in [2.75, 3.05) is 0 Å². The lowest BCUT2D eigenvalue weighted by Gasteiger charge is -2.07. The lowest BCUT2D eigenvalue weighted by Crippen LogP contribution is -2.24. The van der Waals surface area contributed by atoms with E-state index in [1.165, 1.54) is 6.92 Å². The van der Waals surface area contributed by atoms with Gasteiger partial charge in [0.05, 0.1) is 0 Å². The lowest BCUT2D eigenvalue weighted by atomic mass is 10.0. The molecule has 7 heteroatoms. The average molecular weight is 324 g/mol. The molecule has 0 aliphatic rings. The fraction of sp³-hybridized carbons (Fsp3) is 0.176. The first-order chi connectivity index (χ1) is 11.7. The highest BCUT2D eigenvalue weighted by molar-refractivity contribution is 6.00. The van der Waals surface area contributed by atoms with Crippen molar-refractivity contribution in [1.29, 1.82) is 0 Å². The molecule has 0 unspecified atom stereocenters. The summed E-state index contributed by atoms with van der Waals surface area (Å²) in [7, 11) is 0. The van der Waals surface area contributed by atoms with E-state index in [-0.39, 0.29) is 17.2 Å². The third kappa shape index (κ3) is 3.31. The number of hydrogen-bond donors (Lipinski definition) is 2. The summed E-state index contributed by atoms with van der Waals surface area (Å²) >= 11 is 0. The molecule has 3 aromatic rings. The van der Waals surface area contributed by atoms with Crippen molar-refractivity contribution in [2.24, 2.45) is 0 Å². The van der Waals surface area contributed by atoms with Crippen molar-refractivity contribution < 1.29 is 14.4 Å². The smallest absolute Gasteiger partial charge is 0.257 e. The molecule has 3 heterocycles. The number of aromatic nitrogens is 3. The molecule has 24 heavy (non-hydrogen) atoms. The molecule has 0 saturated carbocycles. The Morgan fingerprint density at radius 3 is 2.62 bits per heavy atom. The van der Waals surface area contributed by atoms with Crippen molar-refractivity contribution in [1.82, 2.24) is 20.4 Å². The molecule has 122 valence electrons. The van der Waals surface area contributed by atoms with Gasteiger partial charge in [0.1, 0.15) is 17.4 Å². The van der Waals surface area contributed by atoms with E-state index in [9.17, 15) is 9.90 Å². The molecule has 0 aliphatic heterocycles. The number of carbonyl (C=O) groups excluding carboxylic acids is 1. The van der Waals surface area contributed by atoms with Gasteiger partial charge in [-0.3, -0.25) is 14.8 Å². The van der Waals surface area contributed by atoms with Crippen LogP contribution in [0.4, 0.5) is 0 Å². The molecule has 0 aliphatic carbocycles. The summed E-state index contributed by atoms with van der Waals surface area (Å²) < 4.78 is 5.18. The second kappa shape index (κ2) is 7.01. The molecule has 0 aromatic carbocycles. The highest BCUT2D eigenvalue weighted by Gasteiger charge is 2.26. The first kappa shape index (κ1) is 15.8. The summed E-state index contributed by atoms with van der Waals surface area (Å²) in [5.74, 6) is -0.257. The van der Waals surface area contributed by atoms with Gasteiger partial charge in [0.15, 0.2) is 5.76 Å². The van der Waals surface area contributed by atoms with Gasteiger partial charge in [0.2, 0.25) is 0 Å². The molecular weight excluding hydrogens is 308 g/mol. The van der Waals surface area contributed by atoms with E-state index >= 15 is 0 Å². The molecule has 1 amide bonds. The van der Waals surface area contributed by atoms with Crippen LogP contribution in [0.5, 0.6) is 0 Å². The minimum Gasteiger partial charge on any atom is -0.385 e. The summed E-state index contributed by atoms with van der Waals surface area (Å²) in [5, 5.41) is 16.6. The van der Waals surface area contributed by atoms with Crippen molar-refractivity contribution in [3.05, 3.63) is 65.9 Å². The Kier molecular flexibility index (Phi) is 4.62. The summed E-state index contributed by atoms with van der Waals surface area (Å²) in [4.78, 5) is 20.7. The first-order valence-electron chi connectivity index (χ1n) is 7.42. The second-order valence-corrected chi connectivity index (χ2v) is 5.23. The van der Waals surface area contributed by atoms with Crippen LogP contribution >= 0.6 is 0 Å². The maximum Gasteiger partial charge on any atom is 0.257 e. The topological polar surface area (TPSA) is 101 Å². The van der Waals surface area contributed by atoms with Gasteiger partial charge >= 0.3 is 0 Å². The van der Waals surface area contributed by atoms with E-state index in [2.05, 4.69) is 20.4 Å². The number of nitrogens with one attached hydrogen (secondary N) is 1. The number of amides is 1. The molecule has 2 N–H and O–H groups in total. The molecule has 7 nitrogen and oxygen atoms in total. The van der Waals surface area contributed by atoms with Crippen LogP contribution in [0.2, 0.25) is 0 Å². The number of rotatable bonds is 5. The summed E-state index contributed by atoms with van der Waals surface area (Å²) in [6.07, 6.45) is 5.59. The van der Waals surface area contributed by atoms with Gasteiger partial charge in [-0.2, -0.15) is 0 Å². The van der Waals surface area contributed by atoms with E-state index in [0.717, 1.165) is 5.56 Å². The molecule has 3 aromatic heterocycles. The molecule has 0 fully saturated rings. The zero-order valence-electron chi connectivity index (χ0n) is 13.0. The maximum atomic E-state index is 12.6. The molecule has 0 radical (unpaired) electrons. The van der Waals surface area contributed by atoms with Gasteiger partial charge in [-0.05, 0) is 30.7 Å². The highest BCUT2D eigenvalue weighted by Crippen LogP contribution is 2.28. The van der Waals surface area contributed by atoms with Crippen LogP contribution in [-0.4, -0.2) is 26.1 Å². The molecule has 0 spiro atoms. The Morgan fingerprint density at radius 2 is 2.00 bits per heavy atom. The van der Waals surface area contributed by atoms with Crippen LogP contribution in [0.25, 0.3) is 11.3 Å². The highest BCUT2D eigenvalue weighted by atomic mass is 16.5. The largest absolute Gasteiger partial charge is 0.385 e. The minimum absolute atomic E-state index is 0.123. The number of aliphatic hydroxyl groups is 1. The first-order valence-corrected chi connectivity index (χ1v) is 7.42. The predicted molar refractivity (Wildman–Crippen MR) is 85.8 cm³/mol. The Morgan fingerprint density at radius 1 is 1.25 bits per heavy atom. The van der Waals surface area contributed by atoms with Crippen molar-refractivity contribution >= 4 is 5.91 Å². The Balaban J connectivity index is 1.90. The molecular formula is C17H16N4O3.